The molecule has 0 radical (unpaired) electrons. The van der Waals surface area contributed by atoms with Crippen molar-refractivity contribution in [1.29, 1.82) is 0 Å². The summed E-state index contributed by atoms with van der Waals surface area (Å²) in [6, 6.07) is 9.61. The third-order valence-electron chi connectivity index (χ3n) is 4.19. The molecule has 3 aromatic rings. The normalized spacial score (nSPS) is 12.4. The number of halogens is 1. The van der Waals surface area contributed by atoms with Gasteiger partial charge in [0, 0.05) is 10.4 Å². The number of hydrogen-bond donors (Lipinski definition) is 1. The molecule has 148 valence electrons. The van der Waals surface area contributed by atoms with Crippen molar-refractivity contribution in [3.8, 4) is 0 Å². The second kappa shape index (κ2) is 8.96. The zero-order chi connectivity index (χ0) is 20.3. The van der Waals surface area contributed by atoms with Crippen LogP contribution in [0.1, 0.15) is 43.8 Å². The molecular formula is C20H23BrN4O2S. The number of thioether (sulfide) groups is 1. The van der Waals surface area contributed by atoms with E-state index >= 15 is 0 Å². The molecule has 6 nitrogen and oxygen atoms in total. The summed E-state index contributed by atoms with van der Waals surface area (Å²) in [5.41, 5.74) is 1.88. The van der Waals surface area contributed by atoms with Crippen LogP contribution in [-0.4, -0.2) is 25.9 Å². The van der Waals surface area contributed by atoms with Gasteiger partial charge in [-0.1, -0.05) is 31.7 Å². The lowest BCUT2D eigenvalue weighted by Gasteiger charge is -2.15. The Hall–Kier alpha value is -2.06. The smallest absolute Gasteiger partial charge is 0.237 e. The number of aromatic nitrogens is 3. The van der Waals surface area contributed by atoms with E-state index in [4.69, 9.17) is 4.42 Å². The minimum absolute atomic E-state index is 0.0896. The molecule has 0 fully saturated rings. The molecule has 8 heteroatoms. The number of amides is 1. The predicted octanol–water partition coefficient (Wildman–Crippen LogP) is 5.23. The number of carbonyl (C=O) groups excluding carboxylic acids is 1. The van der Waals surface area contributed by atoms with Crippen LogP contribution in [-0.2, 0) is 11.3 Å². The number of anilines is 1. The van der Waals surface area contributed by atoms with Crippen LogP contribution in [0.4, 0.5) is 5.69 Å². The third kappa shape index (κ3) is 4.86. The van der Waals surface area contributed by atoms with E-state index in [2.05, 4.69) is 45.3 Å². The van der Waals surface area contributed by atoms with Crippen molar-refractivity contribution in [2.75, 3.05) is 5.32 Å². The Labute approximate surface area is 177 Å². The van der Waals surface area contributed by atoms with Crippen molar-refractivity contribution in [3.05, 3.63) is 58.2 Å². The van der Waals surface area contributed by atoms with Crippen LogP contribution in [0.15, 0.2) is 50.6 Å². The van der Waals surface area contributed by atoms with Gasteiger partial charge in [-0.15, -0.1) is 10.2 Å². The Kier molecular flexibility index (Phi) is 6.61. The molecule has 2 aromatic heterocycles. The van der Waals surface area contributed by atoms with Gasteiger partial charge in [-0.25, -0.2) is 0 Å². The average Bonchev–Trinajstić information content (AvgIpc) is 3.28. The molecule has 2 heterocycles. The maximum atomic E-state index is 12.7. The molecule has 0 aliphatic heterocycles. The summed E-state index contributed by atoms with van der Waals surface area (Å²) in [6.45, 7) is 8.55. The molecule has 1 aromatic carbocycles. The fourth-order valence-corrected chi connectivity index (χ4v) is 4.14. The van der Waals surface area contributed by atoms with Crippen molar-refractivity contribution in [3.63, 3.8) is 0 Å². The fraction of sp³-hybridized carbons (Fsp3) is 0.350. The minimum Gasteiger partial charge on any atom is -0.467 e. The number of carbonyl (C=O) groups is 1. The molecule has 0 saturated heterocycles. The highest BCUT2D eigenvalue weighted by atomic mass is 79.9. The zero-order valence-electron chi connectivity index (χ0n) is 16.3. The Morgan fingerprint density at radius 3 is 2.71 bits per heavy atom. The molecule has 28 heavy (non-hydrogen) atoms. The fourth-order valence-electron chi connectivity index (χ4n) is 2.69. The quantitative estimate of drug-likeness (QED) is 0.486. The number of nitrogens with zero attached hydrogens (tertiary/aromatic N) is 3. The van der Waals surface area contributed by atoms with Crippen molar-refractivity contribution in [1.82, 2.24) is 14.8 Å². The largest absolute Gasteiger partial charge is 0.467 e. The summed E-state index contributed by atoms with van der Waals surface area (Å²) in [7, 11) is 0. The van der Waals surface area contributed by atoms with Crippen molar-refractivity contribution in [2.24, 2.45) is 0 Å². The van der Waals surface area contributed by atoms with Crippen LogP contribution >= 0.6 is 27.7 Å². The summed E-state index contributed by atoms with van der Waals surface area (Å²) in [4.78, 5) is 12.7. The van der Waals surface area contributed by atoms with Gasteiger partial charge in [-0.2, -0.15) is 0 Å². The van der Waals surface area contributed by atoms with Crippen LogP contribution < -0.4 is 5.32 Å². The van der Waals surface area contributed by atoms with Gasteiger partial charge in [-0.3, -0.25) is 9.36 Å². The van der Waals surface area contributed by atoms with Gasteiger partial charge in [0.15, 0.2) is 5.16 Å². The molecule has 1 amide bonds. The third-order valence-corrected chi connectivity index (χ3v) is 5.93. The minimum atomic E-state index is -0.340. The summed E-state index contributed by atoms with van der Waals surface area (Å²) in [5.74, 6) is 1.81. The van der Waals surface area contributed by atoms with Crippen LogP contribution in [0.2, 0.25) is 0 Å². The number of hydrogen-bond acceptors (Lipinski definition) is 5. The highest BCUT2D eigenvalue weighted by Crippen LogP contribution is 2.28. The highest BCUT2D eigenvalue weighted by molar-refractivity contribution is 9.10. The molecule has 0 aliphatic carbocycles. The second-order valence-electron chi connectivity index (χ2n) is 6.89. The predicted molar refractivity (Wildman–Crippen MR) is 115 cm³/mol. The molecule has 0 aliphatic rings. The van der Waals surface area contributed by atoms with Gasteiger partial charge in [0.1, 0.15) is 11.6 Å². The van der Waals surface area contributed by atoms with Gasteiger partial charge in [0.25, 0.3) is 0 Å². The molecule has 0 spiro atoms. The molecule has 1 unspecified atom stereocenters. The van der Waals surface area contributed by atoms with Gasteiger partial charge in [-0.05, 0) is 59.6 Å². The van der Waals surface area contributed by atoms with Crippen LogP contribution in [0.25, 0.3) is 0 Å². The first kappa shape index (κ1) is 20.7. The van der Waals surface area contributed by atoms with Crippen LogP contribution in [0.5, 0.6) is 0 Å². The summed E-state index contributed by atoms with van der Waals surface area (Å²) < 4.78 is 8.36. The van der Waals surface area contributed by atoms with E-state index in [1.165, 1.54) is 11.8 Å². The van der Waals surface area contributed by atoms with Crippen molar-refractivity contribution < 1.29 is 9.21 Å². The standard InChI is InChI=1S/C20H23BrN4O2S/c1-12(2)18-23-24-20(25(18)11-15-6-5-9-27-15)28-14(4)19(26)22-17-8-7-13(3)10-16(17)21/h5-10,12,14H,11H2,1-4H3,(H,22,26). The monoisotopic (exact) mass is 462 g/mol. The molecule has 3 rings (SSSR count). The van der Waals surface area contributed by atoms with Crippen LogP contribution in [0.3, 0.4) is 0 Å². The Morgan fingerprint density at radius 2 is 2.07 bits per heavy atom. The van der Waals surface area contributed by atoms with Crippen LogP contribution in [0, 0.1) is 6.92 Å². The van der Waals surface area contributed by atoms with E-state index in [0.29, 0.717) is 11.7 Å². The average molecular weight is 463 g/mol. The van der Waals surface area contributed by atoms with E-state index in [1.807, 2.05) is 48.7 Å². The first-order valence-corrected chi connectivity index (χ1v) is 10.7. The molecular weight excluding hydrogens is 440 g/mol. The van der Waals surface area contributed by atoms with E-state index in [-0.39, 0.29) is 17.1 Å². The summed E-state index contributed by atoms with van der Waals surface area (Å²) in [6.07, 6.45) is 1.65. The van der Waals surface area contributed by atoms with Gasteiger partial charge >= 0.3 is 0 Å². The number of aryl methyl sites for hydroxylation is 1. The van der Waals surface area contributed by atoms with Gasteiger partial charge in [0.2, 0.25) is 5.91 Å². The van der Waals surface area contributed by atoms with E-state index < -0.39 is 0 Å². The summed E-state index contributed by atoms with van der Waals surface area (Å²) in [5, 5.41) is 12.0. The summed E-state index contributed by atoms with van der Waals surface area (Å²) >= 11 is 4.88. The van der Waals surface area contributed by atoms with Crippen molar-refractivity contribution >= 4 is 39.3 Å². The Balaban J connectivity index is 1.75. The van der Waals surface area contributed by atoms with Gasteiger partial charge in [0.05, 0.1) is 23.7 Å². The maximum Gasteiger partial charge on any atom is 0.237 e. The lowest BCUT2D eigenvalue weighted by molar-refractivity contribution is -0.115. The lowest BCUT2D eigenvalue weighted by atomic mass is 10.2. The second-order valence-corrected chi connectivity index (χ2v) is 9.06. The molecule has 1 N–H and O–H groups in total. The van der Waals surface area contributed by atoms with E-state index in [9.17, 15) is 4.79 Å². The number of benzene rings is 1. The first-order chi connectivity index (χ1) is 13.3. The molecule has 0 saturated carbocycles. The SMILES string of the molecule is Cc1ccc(NC(=O)C(C)Sc2nnc(C(C)C)n2Cc2ccco2)c(Br)c1. The number of rotatable bonds is 7. The number of furan rings is 1. The number of nitrogens with one attached hydrogen (secondary N) is 1. The lowest BCUT2D eigenvalue weighted by Crippen LogP contribution is -2.23. The maximum absolute atomic E-state index is 12.7. The Morgan fingerprint density at radius 1 is 1.29 bits per heavy atom. The zero-order valence-corrected chi connectivity index (χ0v) is 18.7. The van der Waals surface area contributed by atoms with E-state index in [1.54, 1.807) is 6.26 Å². The van der Waals surface area contributed by atoms with Gasteiger partial charge < -0.3 is 9.73 Å². The molecule has 1 atom stereocenters. The highest BCUT2D eigenvalue weighted by Gasteiger charge is 2.22. The first-order valence-electron chi connectivity index (χ1n) is 9.04. The van der Waals surface area contributed by atoms with Crippen molar-refractivity contribution in [2.45, 2.75) is 50.6 Å². The van der Waals surface area contributed by atoms with E-state index in [0.717, 1.165) is 27.3 Å². The Bertz CT molecular complexity index is 953. The molecule has 0 bridgehead atoms. The topological polar surface area (TPSA) is 73.0 Å².